The molecule has 0 spiro atoms. The van der Waals surface area contributed by atoms with Gasteiger partial charge in [0.05, 0.1) is 11.0 Å². The van der Waals surface area contributed by atoms with Gasteiger partial charge < -0.3 is 14.6 Å². The van der Waals surface area contributed by atoms with Crippen LogP contribution < -0.4 is 4.72 Å². The number of nitrogens with zero attached hydrogens (tertiary/aromatic N) is 1. The van der Waals surface area contributed by atoms with Crippen molar-refractivity contribution in [2.75, 3.05) is 4.72 Å². The van der Waals surface area contributed by atoms with Crippen molar-refractivity contribution in [2.45, 2.75) is 91.1 Å². The Morgan fingerprint density at radius 3 is 2.34 bits per heavy atom. The van der Waals surface area contributed by atoms with Gasteiger partial charge in [0.15, 0.2) is 0 Å². The molecule has 0 unspecified atom stereocenters. The number of esters is 1. The highest BCUT2D eigenvalue weighted by Gasteiger charge is 2.37. The van der Waals surface area contributed by atoms with Crippen molar-refractivity contribution in [1.82, 2.24) is 4.98 Å². The molecule has 0 aliphatic rings. The van der Waals surface area contributed by atoms with Gasteiger partial charge in [-0.2, -0.15) is 0 Å². The number of nitrogens with one attached hydrogen (secondary N) is 1. The number of unbranched alkanes of at least 4 members (excludes halogenated alkanes) is 1. The summed E-state index contributed by atoms with van der Waals surface area (Å²) in [6, 6.07) is 11.6. The zero-order chi connectivity index (χ0) is 26.3. The first-order valence-corrected chi connectivity index (χ1v) is 12.9. The third-order valence-electron chi connectivity index (χ3n) is 5.62. The normalized spacial score (nSPS) is 12.3. The van der Waals surface area contributed by atoms with Crippen LogP contribution in [0, 0.1) is 10.8 Å². The second-order valence-corrected chi connectivity index (χ2v) is 12.4. The first kappa shape index (κ1) is 28.7. The molecule has 0 saturated heterocycles. The van der Waals surface area contributed by atoms with Gasteiger partial charge in [0.1, 0.15) is 11.4 Å². The van der Waals surface area contributed by atoms with E-state index in [0.29, 0.717) is 5.82 Å². The van der Waals surface area contributed by atoms with Crippen molar-refractivity contribution in [3.8, 4) is 0 Å². The number of aryl methyl sites for hydroxylation is 1. The average Bonchev–Trinajstić information content (AvgIpc) is 2.74. The number of rotatable bonds is 12. The van der Waals surface area contributed by atoms with E-state index in [0.717, 1.165) is 37.0 Å². The minimum atomic E-state index is -0.987. The first-order valence-electron chi connectivity index (χ1n) is 12.1. The predicted octanol–water partition coefficient (Wildman–Crippen LogP) is 7.40. The van der Waals surface area contributed by atoms with E-state index in [-0.39, 0.29) is 16.9 Å². The molecule has 7 heteroatoms. The maximum Gasteiger partial charge on any atom is 0.337 e. The molecule has 0 amide bonds. The fourth-order valence-corrected chi connectivity index (χ4v) is 4.86. The molecule has 0 saturated carbocycles. The lowest BCUT2D eigenvalue weighted by Gasteiger charge is -2.35. The van der Waals surface area contributed by atoms with Crippen LogP contribution in [0.1, 0.15) is 90.1 Å². The van der Waals surface area contributed by atoms with Crippen molar-refractivity contribution < 1.29 is 19.4 Å². The largest absolute Gasteiger partial charge is 0.478 e. The lowest BCUT2D eigenvalue weighted by Crippen LogP contribution is -2.36. The number of carbonyl (C=O) groups excluding carboxylic acids is 1. The Bertz CT molecular complexity index is 995. The minimum Gasteiger partial charge on any atom is -0.478 e. The van der Waals surface area contributed by atoms with Crippen LogP contribution in [0.15, 0.2) is 47.5 Å². The summed E-state index contributed by atoms with van der Waals surface area (Å²) in [4.78, 5) is 28.8. The van der Waals surface area contributed by atoms with Gasteiger partial charge >= 0.3 is 11.9 Å². The Morgan fingerprint density at radius 2 is 1.74 bits per heavy atom. The zero-order valence-electron chi connectivity index (χ0n) is 22.1. The summed E-state index contributed by atoms with van der Waals surface area (Å²) in [7, 11) is 0. The molecular weight excluding hydrogens is 460 g/mol. The molecule has 0 fully saturated rings. The topological polar surface area (TPSA) is 88.5 Å². The fraction of sp³-hybridized carbons (Fsp3) is 0.536. The molecule has 2 aromatic rings. The van der Waals surface area contributed by atoms with E-state index in [1.54, 1.807) is 6.07 Å². The highest BCUT2D eigenvalue weighted by atomic mass is 32.2. The van der Waals surface area contributed by atoms with E-state index >= 15 is 0 Å². The summed E-state index contributed by atoms with van der Waals surface area (Å²) in [5.74, 6) is -0.504. The lowest BCUT2D eigenvalue weighted by atomic mass is 9.72. The van der Waals surface area contributed by atoms with Crippen LogP contribution in [-0.2, 0) is 16.0 Å². The molecule has 1 aromatic carbocycles. The van der Waals surface area contributed by atoms with E-state index in [4.69, 9.17) is 9.84 Å². The summed E-state index contributed by atoms with van der Waals surface area (Å²) in [5, 5.41) is 8.97. The van der Waals surface area contributed by atoms with Gasteiger partial charge in [-0.15, -0.1) is 0 Å². The number of hydrogen-bond donors (Lipinski definition) is 2. The minimum absolute atomic E-state index is 0.0468. The average molecular weight is 501 g/mol. The summed E-state index contributed by atoms with van der Waals surface area (Å²) < 4.78 is 8.79. The summed E-state index contributed by atoms with van der Waals surface area (Å²) in [6.07, 6.45) is 6.34. The molecule has 2 rings (SSSR count). The lowest BCUT2D eigenvalue weighted by molar-refractivity contribution is -0.167. The molecule has 0 radical (unpaired) electrons. The van der Waals surface area contributed by atoms with E-state index in [1.165, 1.54) is 29.8 Å². The number of ether oxygens (including phenoxy) is 1. The molecule has 2 N–H and O–H groups in total. The number of aromatic carboxylic acids is 1. The first-order chi connectivity index (χ1) is 16.2. The third-order valence-corrected chi connectivity index (χ3v) is 6.42. The second kappa shape index (κ2) is 11.9. The van der Waals surface area contributed by atoms with Crippen LogP contribution in [0.3, 0.4) is 0 Å². The van der Waals surface area contributed by atoms with Crippen LogP contribution in [0.25, 0.3) is 0 Å². The van der Waals surface area contributed by atoms with Crippen LogP contribution in [0.5, 0.6) is 0 Å². The third kappa shape index (κ3) is 10.3. The number of carboxylic acid groups (broad SMARTS) is 1. The van der Waals surface area contributed by atoms with E-state index < -0.39 is 17.0 Å². The van der Waals surface area contributed by atoms with Crippen LogP contribution in [0.2, 0.25) is 0 Å². The summed E-state index contributed by atoms with van der Waals surface area (Å²) in [5.41, 5.74) is 0.503. The molecule has 6 nitrogen and oxygen atoms in total. The van der Waals surface area contributed by atoms with Gasteiger partial charge in [-0.25, -0.2) is 9.78 Å². The number of carbonyl (C=O) groups is 2. The zero-order valence-corrected chi connectivity index (χ0v) is 22.9. The number of carboxylic acids is 1. The molecule has 0 bridgehead atoms. The SMILES string of the molecule is CC(C)(CCCCc1cccc(SNc2ccc(C(=O)O)cn2)c1)CC(C)(C)C(=O)OC(C)(C)C. The molecular formula is C28H40N2O4S. The van der Waals surface area contributed by atoms with Gasteiger partial charge in [0.25, 0.3) is 0 Å². The number of aromatic nitrogens is 1. The van der Waals surface area contributed by atoms with E-state index in [1.807, 2.05) is 46.8 Å². The Labute approximate surface area is 214 Å². The van der Waals surface area contributed by atoms with E-state index in [9.17, 15) is 9.59 Å². The number of benzene rings is 1. The molecule has 35 heavy (non-hydrogen) atoms. The van der Waals surface area contributed by atoms with Crippen molar-refractivity contribution in [3.05, 3.63) is 53.7 Å². The molecule has 0 atom stereocenters. The van der Waals surface area contributed by atoms with Crippen molar-refractivity contribution in [1.29, 1.82) is 0 Å². The quantitative estimate of drug-likeness (QED) is 0.178. The van der Waals surface area contributed by atoms with Gasteiger partial charge in [-0.05, 0) is 107 Å². The number of pyridine rings is 1. The standard InChI is InChI=1S/C28H40N2O4S/c1-26(2,3)34-25(33)28(6,7)19-27(4,5)16-9-8-11-20-12-10-13-22(17-20)35-30-23-15-14-21(18-29-23)24(31)32/h10,12-15,17-18H,8-9,11,16,19H2,1-7H3,(H,29,30)(H,31,32). The molecule has 0 aliphatic heterocycles. The molecule has 0 aliphatic carbocycles. The number of anilines is 1. The summed E-state index contributed by atoms with van der Waals surface area (Å²) >= 11 is 1.45. The van der Waals surface area contributed by atoms with Gasteiger partial charge in [-0.1, -0.05) is 32.4 Å². The van der Waals surface area contributed by atoms with Crippen molar-refractivity contribution in [3.63, 3.8) is 0 Å². The smallest absolute Gasteiger partial charge is 0.337 e. The molecule has 1 heterocycles. The monoisotopic (exact) mass is 500 g/mol. The van der Waals surface area contributed by atoms with Gasteiger partial charge in [0, 0.05) is 11.1 Å². The molecule has 1 aromatic heterocycles. The maximum atomic E-state index is 12.6. The fourth-order valence-electron chi connectivity index (χ4n) is 4.16. The second-order valence-electron chi connectivity index (χ2n) is 11.5. The highest BCUT2D eigenvalue weighted by Crippen LogP contribution is 2.39. The Balaban J connectivity index is 1.80. The van der Waals surface area contributed by atoms with Crippen LogP contribution in [0.4, 0.5) is 5.82 Å². The highest BCUT2D eigenvalue weighted by molar-refractivity contribution is 8.00. The number of hydrogen-bond acceptors (Lipinski definition) is 6. The Kier molecular flexibility index (Phi) is 9.78. The van der Waals surface area contributed by atoms with Gasteiger partial charge in [0.2, 0.25) is 0 Å². The maximum absolute atomic E-state index is 12.6. The molecule has 192 valence electrons. The predicted molar refractivity (Wildman–Crippen MR) is 143 cm³/mol. The van der Waals surface area contributed by atoms with E-state index in [2.05, 4.69) is 35.7 Å². The van der Waals surface area contributed by atoms with Crippen LogP contribution in [-0.4, -0.2) is 27.6 Å². The Morgan fingerprint density at radius 1 is 1.03 bits per heavy atom. The van der Waals surface area contributed by atoms with Crippen LogP contribution >= 0.6 is 11.9 Å². The van der Waals surface area contributed by atoms with Crippen molar-refractivity contribution >= 4 is 29.7 Å². The van der Waals surface area contributed by atoms with Crippen molar-refractivity contribution in [2.24, 2.45) is 10.8 Å². The summed E-state index contributed by atoms with van der Waals surface area (Å²) in [6.45, 7) is 14.2. The van der Waals surface area contributed by atoms with Gasteiger partial charge in [-0.3, -0.25) is 4.79 Å². The Hall–Kier alpha value is -2.54.